The van der Waals surface area contributed by atoms with Gasteiger partial charge in [-0.2, -0.15) is 0 Å². The van der Waals surface area contributed by atoms with E-state index in [1.54, 1.807) is 6.20 Å². The fourth-order valence-corrected chi connectivity index (χ4v) is 3.07. The lowest BCUT2D eigenvalue weighted by Crippen LogP contribution is -2.32. The molecule has 100 valence electrons. The number of nitrogen functional groups attached to an aromatic ring is 1. The third kappa shape index (κ3) is 2.66. The van der Waals surface area contributed by atoms with Gasteiger partial charge in [-0.1, -0.05) is 19.8 Å². The van der Waals surface area contributed by atoms with Crippen molar-refractivity contribution < 1.29 is 5.11 Å². The molecule has 0 radical (unpaired) electrons. The molecule has 18 heavy (non-hydrogen) atoms. The Hall–Kier alpha value is -1.09. The number of nitrogens with two attached hydrogens (primary N) is 1. The fourth-order valence-electron chi connectivity index (χ4n) is 3.07. The van der Waals surface area contributed by atoms with Gasteiger partial charge < -0.3 is 10.8 Å². The molecule has 1 aromatic heterocycles. The second kappa shape index (κ2) is 5.27. The van der Waals surface area contributed by atoms with Gasteiger partial charge in [-0.05, 0) is 50.2 Å². The van der Waals surface area contributed by atoms with Crippen LogP contribution in [0.25, 0.3) is 0 Å². The second-order valence-corrected chi connectivity index (χ2v) is 5.71. The van der Waals surface area contributed by atoms with Crippen LogP contribution < -0.4 is 5.73 Å². The molecule has 0 bridgehead atoms. The average molecular weight is 248 g/mol. The Morgan fingerprint density at radius 2 is 2.11 bits per heavy atom. The summed E-state index contributed by atoms with van der Waals surface area (Å²) in [5, 5.41) is 10.8. The molecule has 1 aromatic rings. The smallest absolute Gasteiger partial charge is 0.129 e. The number of hydrogen-bond donors (Lipinski definition) is 2. The Morgan fingerprint density at radius 1 is 1.44 bits per heavy atom. The number of aromatic nitrogens is 1. The minimum Gasteiger partial charge on any atom is -0.385 e. The van der Waals surface area contributed by atoms with E-state index in [0.717, 1.165) is 42.7 Å². The summed E-state index contributed by atoms with van der Waals surface area (Å²) in [6.45, 7) is 4.21. The number of aliphatic hydroxyl groups is 1. The van der Waals surface area contributed by atoms with Crippen LogP contribution in [-0.2, 0) is 5.60 Å². The van der Waals surface area contributed by atoms with Gasteiger partial charge in [0.1, 0.15) is 5.82 Å². The topological polar surface area (TPSA) is 59.1 Å². The number of hydrogen-bond acceptors (Lipinski definition) is 3. The van der Waals surface area contributed by atoms with Crippen molar-refractivity contribution in [1.82, 2.24) is 4.98 Å². The van der Waals surface area contributed by atoms with Gasteiger partial charge in [0.25, 0.3) is 0 Å². The Kier molecular flexibility index (Phi) is 3.91. The van der Waals surface area contributed by atoms with E-state index in [4.69, 9.17) is 5.73 Å². The third-order valence-corrected chi connectivity index (χ3v) is 4.19. The molecule has 1 aliphatic rings. The molecule has 3 nitrogen and oxygen atoms in total. The van der Waals surface area contributed by atoms with Gasteiger partial charge in [0, 0.05) is 11.8 Å². The van der Waals surface area contributed by atoms with Crippen LogP contribution in [0.4, 0.5) is 5.82 Å². The van der Waals surface area contributed by atoms with Crippen molar-refractivity contribution >= 4 is 5.82 Å². The highest BCUT2D eigenvalue weighted by atomic mass is 16.3. The maximum Gasteiger partial charge on any atom is 0.129 e. The maximum absolute atomic E-state index is 10.8. The summed E-state index contributed by atoms with van der Waals surface area (Å²) in [4.78, 5) is 4.17. The predicted molar refractivity (Wildman–Crippen MR) is 74.1 cm³/mol. The summed E-state index contributed by atoms with van der Waals surface area (Å²) in [6.07, 6.45) is 8.08. The van der Waals surface area contributed by atoms with Crippen LogP contribution in [-0.4, -0.2) is 10.1 Å². The molecule has 0 spiro atoms. The van der Waals surface area contributed by atoms with Gasteiger partial charge >= 0.3 is 0 Å². The molecule has 0 aliphatic heterocycles. The van der Waals surface area contributed by atoms with Crippen molar-refractivity contribution in [3.05, 3.63) is 23.4 Å². The molecule has 1 saturated carbocycles. The second-order valence-electron chi connectivity index (χ2n) is 5.71. The van der Waals surface area contributed by atoms with Crippen molar-refractivity contribution in [3.8, 4) is 0 Å². The lowest BCUT2D eigenvalue weighted by Gasteiger charge is -2.36. The zero-order valence-electron chi connectivity index (χ0n) is 11.4. The Labute approximate surface area is 109 Å². The average Bonchev–Trinajstić information content (AvgIpc) is 2.36. The SMILES string of the molecule is CCCC1CCC(O)(c2cc(C)cnc2N)CC1. The van der Waals surface area contributed by atoms with Crippen LogP contribution in [0.1, 0.15) is 56.6 Å². The van der Waals surface area contributed by atoms with Gasteiger partial charge in [-0.3, -0.25) is 0 Å². The summed E-state index contributed by atoms with van der Waals surface area (Å²) in [5.41, 5.74) is 7.06. The van der Waals surface area contributed by atoms with E-state index in [1.807, 2.05) is 13.0 Å². The molecule has 0 amide bonds. The number of pyridine rings is 1. The first kappa shape index (κ1) is 13.3. The number of aryl methyl sites for hydroxylation is 1. The van der Waals surface area contributed by atoms with E-state index >= 15 is 0 Å². The largest absolute Gasteiger partial charge is 0.385 e. The van der Waals surface area contributed by atoms with Gasteiger partial charge in [-0.15, -0.1) is 0 Å². The zero-order valence-corrected chi connectivity index (χ0v) is 11.4. The Morgan fingerprint density at radius 3 is 2.72 bits per heavy atom. The van der Waals surface area contributed by atoms with Gasteiger partial charge in [0.2, 0.25) is 0 Å². The quantitative estimate of drug-likeness (QED) is 0.864. The molecular weight excluding hydrogens is 224 g/mol. The molecule has 1 aliphatic carbocycles. The van der Waals surface area contributed by atoms with E-state index in [-0.39, 0.29) is 0 Å². The maximum atomic E-state index is 10.8. The van der Waals surface area contributed by atoms with E-state index in [0.29, 0.717) is 5.82 Å². The van der Waals surface area contributed by atoms with Crippen molar-refractivity contribution in [3.63, 3.8) is 0 Å². The van der Waals surface area contributed by atoms with Crippen LogP contribution in [0, 0.1) is 12.8 Å². The highest BCUT2D eigenvalue weighted by Crippen LogP contribution is 2.42. The number of rotatable bonds is 3. The van der Waals surface area contributed by atoms with E-state index < -0.39 is 5.60 Å². The molecule has 0 aromatic carbocycles. The van der Waals surface area contributed by atoms with E-state index in [1.165, 1.54) is 12.8 Å². The number of anilines is 1. The first-order valence-electron chi connectivity index (χ1n) is 7.00. The Balaban J connectivity index is 2.15. The Bertz CT molecular complexity index is 409. The van der Waals surface area contributed by atoms with E-state index in [9.17, 15) is 5.11 Å². The molecule has 3 heteroatoms. The lowest BCUT2D eigenvalue weighted by atomic mass is 9.74. The summed E-state index contributed by atoms with van der Waals surface area (Å²) >= 11 is 0. The fraction of sp³-hybridized carbons (Fsp3) is 0.667. The highest BCUT2D eigenvalue weighted by Gasteiger charge is 2.36. The molecular formula is C15H24N2O. The third-order valence-electron chi connectivity index (χ3n) is 4.19. The van der Waals surface area contributed by atoms with Crippen LogP contribution >= 0.6 is 0 Å². The lowest BCUT2D eigenvalue weighted by molar-refractivity contribution is -0.0148. The molecule has 0 atom stereocenters. The highest BCUT2D eigenvalue weighted by molar-refractivity contribution is 5.44. The van der Waals surface area contributed by atoms with Crippen molar-refractivity contribution in [1.29, 1.82) is 0 Å². The standard InChI is InChI=1S/C15H24N2O/c1-3-4-12-5-7-15(18,8-6-12)13-9-11(2)10-17-14(13)16/h9-10,12,18H,3-8H2,1-2H3,(H2,16,17). The summed E-state index contributed by atoms with van der Waals surface area (Å²) in [7, 11) is 0. The van der Waals surface area contributed by atoms with Gasteiger partial charge in [0.15, 0.2) is 0 Å². The minimum absolute atomic E-state index is 0.483. The van der Waals surface area contributed by atoms with Gasteiger partial charge in [-0.25, -0.2) is 4.98 Å². The molecule has 0 unspecified atom stereocenters. The van der Waals surface area contributed by atoms with Crippen LogP contribution in [0.15, 0.2) is 12.3 Å². The molecule has 3 N–H and O–H groups in total. The predicted octanol–water partition coefficient (Wildman–Crippen LogP) is 3.15. The van der Waals surface area contributed by atoms with Crippen molar-refractivity contribution in [2.24, 2.45) is 5.92 Å². The molecule has 2 rings (SSSR count). The van der Waals surface area contributed by atoms with Crippen LogP contribution in [0.3, 0.4) is 0 Å². The minimum atomic E-state index is -0.757. The van der Waals surface area contributed by atoms with Gasteiger partial charge in [0.05, 0.1) is 5.60 Å². The molecule has 1 fully saturated rings. The molecule has 0 saturated heterocycles. The first-order valence-corrected chi connectivity index (χ1v) is 7.00. The van der Waals surface area contributed by atoms with Crippen molar-refractivity contribution in [2.75, 3.05) is 5.73 Å². The van der Waals surface area contributed by atoms with Crippen LogP contribution in [0.2, 0.25) is 0 Å². The van der Waals surface area contributed by atoms with Crippen LogP contribution in [0.5, 0.6) is 0 Å². The summed E-state index contributed by atoms with van der Waals surface area (Å²) in [5.74, 6) is 1.26. The zero-order chi connectivity index (χ0) is 13.2. The van der Waals surface area contributed by atoms with Crippen molar-refractivity contribution in [2.45, 2.75) is 58.0 Å². The normalized spacial score (nSPS) is 28.3. The van der Waals surface area contributed by atoms with E-state index in [2.05, 4.69) is 11.9 Å². The summed E-state index contributed by atoms with van der Waals surface area (Å²) in [6, 6.07) is 1.99. The summed E-state index contributed by atoms with van der Waals surface area (Å²) < 4.78 is 0. The molecule has 1 heterocycles. The monoisotopic (exact) mass is 248 g/mol. The number of nitrogens with zero attached hydrogens (tertiary/aromatic N) is 1. The first-order chi connectivity index (χ1) is 8.55.